The number of fused-ring (bicyclic) bond motifs is 1. The number of ether oxygens (including phenoxy) is 2. The van der Waals surface area contributed by atoms with E-state index in [1.807, 2.05) is 18.2 Å². The van der Waals surface area contributed by atoms with Crippen LogP contribution in [0.15, 0.2) is 40.9 Å². The van der Waals surface area contributed by atoms with Gasteiger partial charge < -0.3 is 20.5 Å². The number of amides is 1. The molecule has 5 nitrogen and oxygen atoms in total. The third-order valence-corrected chi connectivity index (χ3v) is 3.90. The third kappa shape index (κ3) is 2.80. The van der Waals surface area contributed by atoms with E-state index in [4.69, 9.17) is 15.2 Å². The van der Waals surface area contributed by atoms with Crippen molar-refractivity contribution in [2.24, 2.45) is 0 Å². The Labute approximate surface area is 130 Å². The Hall–Kier alpha value is -2.21. The Morgan fingerprint density at radius 1 is 1.29 bits per heavy atom. The van der Waals surface area contributed by atoms with Gasteiger partial charge in [0.1, 0.15) is 0 Å². The maximum absolute atomic E-state index is 12.1. The zero-order valence-corrected chi connectivity index (χ0v) is 12.6. The number of nitrogen functional groups attached to an aromatic ring is 1. The van der Waals surface area contributed by atoms with Crippen LogP contribution >= 0.6 is 15.9 Å². The van der Waals surface area contributed by atoms with Crippen molar-refractivity contribution in [1.29, 1.82) is 0 Å². The van der Waals surface area contributed by atoms with Gasteiger partial charge in [0, 0.05) is 27.8 Å². The average Bonchev–Trinajstić information content (AvgIpc) is 2.96. The first-order valence-corrected chi connectivity index (χ1v) is 7.15. The van der Waals surface area contributed by atoms with Crippen molar-refractivity contribution in [2.45, 2.75) is 6.54 Å². The number of para-hydroxylation sites is 1. The van der Waals surface area contributed by atoms with Gasteiger partial charge in [0.2, 0.25) is 6.79 Å². The monoisotopic (exact) mass is 348 g/mol. The highest BCUT2D eigenvalue weighted by Gasteiger charge is 2.17. The molecular formula is C15H13BrN2O3. The zero-order valence-electron chi connectivity index (χ0n) is 11.1. The molecule has 0 radical (unpaired) electrons. The van der Waals surface area contributed by atoms with E-state index in [0.717, 1.165) is 10.0 Å². The first-order valence-electron chi connectivity index (χ1n) is 6.36. The van der Waals surface area contributed by atoms with Crippen molar-refractivity contribution in [3.63, 3.8) is 0 Å². The van der Waals surface area contributed by atoms with Crippen LogP contribution in [-0.2, 0) is 6.54 Å². The lowest BCUT2D eigenvalue weighted by Crippen LogP contribution is -2.23. The number of halogens is 1. The van der Waals surface area contributed by atoms with Gasteiger partial charge in [-0.15, -0.1) is 0 Å². The molecule has 2 aromatic carbocycles. The number of nitrogens with one attached hydrogen (secondary N) is 1. The second-order valence-corrected chi connectivity index (χ2v) is 5.42. The largest absolute Gasteiger partial charge is 0.454 e. The van der Waals surface area contributed by atoms with Crippen LogP contribution in [0, 0.1) is 0 Å². The molecule has 0 bridgehead atoms. The van der Waals surface area contributed by atoms with Crippen LogP contribution in [0.5, 0.6) is 11.5 Å². The van der Waals surface area contributed by atoms with Crippen LogP contribution in [-0.4, -0.2) is 12.7 Å². The Morgan fingerprint density at radius 2 is 2.14 bits per heavy atom. The molecule has 0 aromatic heterocycles. The van der Waals surface area contributed by atoms with Gasteiger partial charge in [-0.1, -0.05) is 12.1 Å². The molecule has 1 aliphatic heterocycles. The molecule has 21 heavy (non-hydrogen) atoms. The van der Waals surface area contributed by atoms with Crippen LogP contribution in [0.25, 0.3) is 0 Å². The van der Waals surface area contributed by atoms with E-state index in [9.17, 15) is 4.79 Å². The smallest absolute Gasteiger partial charge is 0.251 e. The molecule has 0 spiro atoms. The lowest BCUT2D eigenvalue weighted by Gasteiger charge is -2.08. The van der Waals surface area contributed by atoms with E-state index >= 15 is 0 Å². The van der Waals surface area contributed by atoms with E-state index in [1.54, 1.807) is 18.2 Å². The summed E-state index contributed by atoms with van der Waals surface area (Å²) in [6.07, 6.45) is 0. The van der Waals surface area contributed by atoms with Gasteiger partial charge in [0.15, 0.2) is 11.5 Å². The number of benzene rings is 2. The van der Waals surface area contributed by atoms with E-state index in [-0.39, 0.29) is 12.7 Å². The summed E-state index contributed by atoms with van der Waals surface area (Å²) in [7, 11) is 0. The topological polar surface area (TPSA) is 73.6 Å². The molecule has 0 atom stereocenters. The van der Waals surface area contributed by atoms with Gasteiger partial charge in [-0.3, -0.25) is 4.79 Å². The van der Waals surface area contributed by atoms with Crippen LogP contribution in [0.2, 0.25) is 0 Å². The molecule has 0 aliphatic carbocycles. The molecule has 3 rings (SSSR count). The minimum atomic E-state index is -0.189. The van der Waals surface area contributed by atoms with Crippen molar-refractivity contribution in [1.82, 2.24) is 5.32 Å². The summed E-state index contributed by atoms with van der Waals surface area (Å²) in [5.41, 5.74) is 7.70. The van der Waals surface area contributed by atoms with Crippen LogP contribution in [0.3, 0.4) is 0 Å². The highest BCUT2D eigenvalue weighted by Crippen LogP contribution is 2.35. The fourth-order valence-corrected chi connectivity index (χ4v) is 2.34. The fourth-order valence-electron chi connectivity index (χ4n) is 2.09. The Balaban J connectivity index is 1.72. The quantitative estimate of drug-likeness (QED) is 0.836. The standard InChI is InChI=1S/C15H13BrN2O3/c16-11-5-4-9(6-12(11)17)15(19)18-7-10-2-1-3-13-14(10)21-8-20-13/h1-6H,7-8,17H2,(H,18,19). The number of carbonyl (C=O) groups is 1. The maximum atomic E-state index is 12.1. The van der Waals surface area contributed by atoms with Gasteiger partial charge in [0.05, 0.1) is 0 Å². The Bertz CT molecular complexity index is 703. The van der Waals surface area contributed by atoms with Crippen molar-refractivity contribution < 1.29 is 14.3 Å². The summed E-state index contributed by atoms with van der Waals surface area (Å²) in [5, 5.41) is 2.85. The normalized spacial score (nSPS) is 12.2. The first-order chi connectivity index (χ1) is 10.1. The third-order valence-electron chi connectivity index (χ3n) is 3.18. The predicted octanol–water partition coefficient (Wildman–Crippen LogP) is 2.69. The van der Waals surface area contributed by atoms with Crippen molar-refractivity contribution in [3.8, 4) is 11.5 Å². The Kier molecular flexibility index (Phi) is 3.70. The summed E-state index contributed by atoms with van der Waals surface area (Å²) >= 11 is 3.30. The van der Waals surface area contributed by atoms with Crippen molar-refractivity contribution in [3.05, 3.63) is 52.0 Å². The van der Waals surface area contributed by atoms with Crippen LogP contribution in [0.4, 0.5) is 5.69 Å². The average molecular weight is 349 g/mol. The summed E-state index contributed by atoms with van der Waals surface area (Å²) in [6.45, 7) is 0.574. The van der Waals surface area contributed by atoms with Crippen LogP contribution < -0.4 is 20.5 Å². The number of nitrogens with two attached hydrogens (primary N) is 1. The summed E-state index contributed by atoms with van der Waals surface area (Å²) < 4.78 is 11.5. The van der Waals surface area contributed by atoms with Gasteiger partial charge in [-0.25, -0.2) is 0 Å². The lowest BCUT2D eigenvalue weighted by molar-refractivity contribution is 0.0950. The molecule has 6 heteroatoms. The van der Waals surface area contributed by atoms with Crippen molar-refractivity contribution >= 4 is 27.5 Å². The molecule has 2 aromatic rings. The fraction of sp³-hybridized carbons (Fsp3) is 0.133. The SMILES string of the molecule is Nc1cc(C(=O)NCc2cccc3c2OCO3)ccc1Br. The first kappa shape index (κ1) is 13.8. The molecule has 0 saturated carbocycles. The second kappa shape index (κ2) is 5.65. The second-order valence-electron chi connectivity index (χ2n) is 4.57. The van der Waals surface area contributed by atoms with Gasteiger partial charge >= 0.3 is 0 Å². The van der Waals surface area contributed by atoms with Crippen molar-refractivity contribution in [2.75, 3.05) is 12.5 Å². The molecule has 108 valence electrons. The van der Waals surface area contributed by atoms with E-state index in [2.05, 4.69) is 21.2 Å². The van der Waals surface area contributed by atoms with Gasteiger partial charge in [0.25, 0.3) is 5.91 Å². The van der Waals surface area contributed by atoms with E-state index in [1.165, 1.54) is 0 Å². The Morgan fingerprint density at radius 3 is 2.95 bits per heavy atom. The molecular weight excluding hydrogens is 336 g/mol. The summed E-state index contributed by atoms with van der Waals surface area (Å²) in [4.78, 5) is 12.1. The van der Waals surface area contributed by atoms with Crippen LogP contribution in [0.1, 0.15) is 15.9 Å². The maximum Gasteiger partial charge on any atom is 0.251 e. The number of hydrogen-bond donors (Lipinski definition) is 2. The van der Waals surface area contributed by atoms with E-state index in [0.29, 0.717) is 29.3 Å². The molecule has 0 unspecified atom stereocenters. The minimum absolute atomic E-state index is 0.189. The number of anilines is 1. The highest BCUT2D eigenvalue weighted by molar-refractivity contribution is 9.10. The lowest BCUT2D eigenvalue weighted by atomic mass is 10.1. The molecule has 1 aliphatic rings. The minimum Gasteiger partial charge on any atom is -0.454 e. The molecule has 1 amide bonds. The summed E-state index contributed by atoms with van der Waals surface area (Å²) in [6, 6.07) is 10.7. The molecule has 3 N–H and O–H groups in total. The number of carbonyl (C=O) groups excluding carboxylic acids is 1. The summed E-state index contributed by atoms with van der Waals surface area (Å²) in [5.74, 6) is 1.20. The predicted molar refractivity (Wildman–Crippen MR) is 82.3 cm³/mol. The highest BCUT2D eigenvalue weighted by atomic mass is 79.9. The molecule has 0 saturated heterocycles. The molecule has 1 heterocycles. The number of rotatable bonds is 3. The van der Waals surface area contributed by atoms with Gasteiger partial charge in [-0.05, 0) is 40.2 Å². The zero-order chi connectivity index (χ0) is 14.8. The molecule has 0 fully saturated rings. The van der Waals surface area contributed by atoms with Gasteiger partial charge in [-0.2, -0.15) is 0 Å². The number of hydrogen-bond acceptors (Lipinski definition) is 4. The van der Waals surface area contributed by atoms with E-state index < -0.39 is 0 Å².